The third-order valence-corrected chi connectivity index (χ3v) is 8.64. The first-order valence-corrected chi connectivity index (χ1v) is 11.9. The molecule has 2 aliphatic rings. The number of amides is 2. The number of nitrogens with one attached hydrogen (secondary N) is 2. The molecule has 1 aromatic carbocycles. The van der Waals surface area contributed by atoms with Crippen molar-refractivity contribution < 1.29 is 9.59 Å². The number of rotatable bonds is 2. The van der Waals surface area contributed by atoms with Gasteiger partial charge in [0, 0.05) is 15.9 Å². The Morgan fingerprint density at radius 1 is 1.30 bits per heavy atom. The van der Waals surface area contributed by atoms with Gasteiger partial charge >= 0.3 is 0 Å². The van der Waals surface area contributed by atoms with Gasteiger partial charge in [-0.05, 0) is 74.6 Å². The minimum atomic E-state index is -0.350. The van der Waals surface area contributed by atoms with Crippen LogP contribution in [0.1, 0.15) is 69.4 Å². The quantitative estimate of drug-likeness (QED) is 0.623. The molecule has 1 atom stereocenters. The van der Waals surface area contributed by atoms with Crippen LogP contribution in [-0.2, 0) is 4.79 Å². The minimum Gasteiger partial charge on any atom is -0.350 e. The van der Waals surface area contributed by atoms with Crippen molar-refractivity contribution >= 4 is 46.1 Å². The maximum absolute atomic E-state index is 13.2. The van der Waals surface area contributed by atoms with Crippen LogP contribution in [0.4, 0.5) is 0 Å². The molecule has 1 aromatic heterocycles. The van der Waals surface area contributed by atoms with Crippen LogP contribution in [-0.4, -0.2) is 31.9 Å². The third kappa shape index (κ3) is 3.62. The first kappa shape index (κ1) is 21.6. The summed E-state index contributed by atoms with van der Waals surface area (Å²) in [4.78, 5) is 29.0. The number of hydrazine groups is 1. The van der Waals surface area contributed by atoms with Crippen molar-refractivity contribution in [3.05, 3.63) is 34.5 Å². The molecule has 7 heteroatoms. The van der Waals surface area contributed by atoms with Gasteiger partial charge in [-0.1, -0.05) is 32.4 Å². The molecule has 2 amide bonds. The van der Waals surface area contributed by atoms with Crippen molar-refractivity contribution in [1.82, 2.24) is 15.4 Å². The molecular formula is C23H30ClN3O2S. The van der Waals surface area contributed by atoms with E-state index in [-0.39, 0.29) is 27.4 Å². The highest BCUT2D eigenvalue weighted by Crippen LogP contribution is 2.53. The molecule has 1 unspecified atom stereocenters. The summed E-state index contributed by atoms with van der Waals surface area (Å²) < 4.78 is 0. The number of nitrogens with zero attached hydrogens (tertiary/aromatic N) is 1. The number of H-pyrrole nitrogens is 1. The minimum absolute atomic E-state index is 0.0145. The molecule has 2 aromatic rings. The predicted molar refractivity (Wildman–Crippen MR) is 124 cm³/mol. The van der Waals surface area contributed by atoms with Gasteiger partial charge < -0.3 is 4.98 Å². The molecule has 30 heavy (non-hydrogen) atoms. The lowest BCUT2D eigenvalue weighted by Gasteiger charge is -2.45. The summed E-state index contributed by atoms with van der Waals surface area (Å²) >= 11 is 7.82. The van der Waals surface area contributed by atoms with Gasteiger partial charge in [0.15, 0.2) is 0 Å². The van der Waals surface area contributed by atoms with Crippen molar-refractivity contribution in [3.8, 4) is 0 Å². The number of aryl methyl sites for hydroxylation is 1. The van der Waals surface area contributed by atoms with Gasteiger partial charge in [-0.2, -0.15) is 0 Å². The monoisotopic (exact) mass is 447 g/mol. The molecule has 1 aliphatic carbocycles. The number of fused-ring (bicyclic) bond motifs is 1. The summed E-state index contributed by atoms with van der Waals surface area (Å²) in [7, 11) is 0. The number of carbonyl (C=O) groups is 2. The SMILES string of the molecule is Cc1c(C(=O)NN2C(=O)C(C)SC23CCC(C(C)(C)C)CC3)[nH]c2ccc(Cl)cc12. The smallest absolute Gasteiger partial charge is 0.286 e. The predicted octanol–water partition coefficient (Wildman–Crippen LogP) is 5.67. The summed E-state index contributed by atoms with van der Waals surface area (Å²) in [5.74, 6) is 0.340. The Labute approximate surface area is 187 Å². The fourth-order valence-corrected chi connectivity index (χ4v) is 6.68. The molecule has 1 saturated heterocycles. The average molecular weight is 448 g/mol. The van der Waals surface area contributed by atoms with E-state index in [1.807, 2.05) is 26.0 Å². The van der Waals surface area contributed by atoms with Crippen LogP contribution >= 0.6 is 23.4 Å². The molecule has 162 valence electrons. The van der Waals surface area contributed by atoms with Gasteiger partial charge in [0.05, 0.1) is 5.25 Å². The first-order chi connectivity index (χ1) is 14.0. The van der Waals surface area contributed by atoms with E-state index in [0.29, 0.717) is 16.6 Å². The summed E-state index contributed by atoms with van der Waals surface area (Å²) in [6.07, 6.45) is 3.92. The van der Waals surface area contributed by atoms with Gasteiger partial charge in [-0.25, -0.2) is 5.01 Å². The van der Waals surface area contributed by atoms with Crippen LogP contribution in [0.2, 0.25) is 5.02 Å². The topological polar surface area (TPSA) is 65.2 Å². The van der Waals surface area contributed by atoms with Crippen LogP contribution in [0.15, 0.2) is 18.2 Å². The van der Waals surface area contributed by atoms with E-state index < -0.39 is 0 Å². The standard InChI is InChI=1S/C23H30ClN3O2S/c1-13-17-12-16(24)6-7-18(17)25-19(13)20(28)26-27-21(29)14(2)30-23(27)10-8-15(9-11-23)22(3,4)5/h6-7,12,14-15,25H,8-11H2,1-5H3,(H,26,28). The lowest BCUT2D eigenvalue weighted by atomic mass is 9.71. The van der Waals surface area contributed by atoms with E-state index in [9.17, 15) is 9.59 Å². The van der Waals surface area contributed by atoms with Gasteiger partial charge in [0.1, 0.15) is 10.6 Å². The van der Waals surface area contributed by atoms with Crippen LogP contribution in [0.25, 0.3) is 10.9 Å². The second-order valence-corrected chi connectivity index (χ2v) is 11.9. The molecular weight excluding hydrogens is 418 g/mol. The molecule has 4 rings (SSSR count). The van der Waals surface area contributed by atoms with Crippen LogP contribution in [0, 0.1) is 18.3 Å². The Morgan fingerprint density at radius 2 is 1.97 bits per heavy atom. The van der Waals surface area contributed by atoms with E-state index in [4.69, 9.17) is 11.6 Å². The number of benzene rings is 1. The zero-order valence-corrected chi connectivity index (χ0v) is 19.8. The highest BCUT2D eigenvalue weighted by atomic mass is 35.5. The Bertz CT molecular complexity index is 1000. The molecule has 0 radical (unpaired) electrons. The highest BCUT2D eigenvalue weighted by Gasteiger charge is 2.53. The van der Waals surface area contributed by atoms with Crippen molar-refractivity contribution in [3.63, 3.8) is 0 Å². The van der Waals surface area contributed by atoms with Gasteiger partial charge in [0.25, 0.3) is 11.8 Å². The Balaban J connectivity index is 1.59. The number of hydrogen-bond donors (Lipinski definition) is 2. The summed E-state index contributed by atoms with van der Waals surface area (Å²) in [5, 5.41) is 3.04. The lowest BCUT2D eigenvalue weighted by Crippen LogP contribution is -2.56. The molecule has 0 bridgehead atoms. The van der Waals surface area contributed by atoms with Gasteiger partial charge in [-0.15, -0.1) is 11.8 Å². The van der Waals surface area contributed by atoms with Crippen molar-refractivity contribution in [2.45, 2.75) is 70.4 Å². The van der Waals surface area contributed by atoms with Crippen LogP contribution < -0.4 is 5.43 Å². The summed E-state index contributed by atoms with van der Waals surface area (Å²) in [6.45, 7) is 10.7. The molecule has 1 saturated carbocycles. The summed E-state index contributed by atoms with van der Waals surface area (Å²) in [5.41, 5.74) is 5.40. The maximum Gasteiger partial charge on any atom is 0.286 e. The molecule has 2 fully saturated rings. The third-order valence-electron chi connectivity index (χ3n) is 6.82. The van der Waals surface area contributed by atoms with Crippen LogP contribution in [0.5, 0.6) is 0 Å². The van der Waals surface area contributed by atoms with Gasteiger partial charge in [-0.3, -0.25) is 15.0 Å². The normalized spacial score (nSPS) is 27.3. The Morgan fingerprint density at radius 3 is 2.60 bits per heavy atom. The molecule has 5 nitrogen and oxygen atoms in total. The zero-order chi connectivity index (χ0) is 21.8. The lowest BCUT2D eigenvalue weighted by molar-refractivity contribution is -0.136. The fourth-order valence-electron chi connectivity index (χ4n) is 4.93. The van der Waals surface area contributed by atoms with E-state index in [1.54, 1.807) is 22.8 Å². The van der Waals surface area contributed by atoms with E-state index >= 15 is 0 Å². The van der Waals surface area contributed by atoms with E-state index in [0.717, 1.165) is 42.1 Å². The van der Waals surface area contributed by atoms with E-state index in [2.05, 4.69) is 31.2 Å². The second kappa shape index (κ2) is 7.49. The second-order valence-electron chi connectivity index (χ2n) is 9.78. The number of halogens is 1. The van der Waals surface area contributed by atoms with Gasteiger partial charge in [0.2, 0.25) is 0 Å². The Kier molecular flexibility index (Phi) is 5.38. The molecule has 2 N–H and O–H groups in total. The average Bonchev–Trinajstić information content (AvgIpc) is 3.11. The summed E-state index contributed by atoms with van der Waals surface area (Å²) in [6, 6.07) is 5.52. The molecule has 1 aliphatic heterocycles. The van der Waals surface area contributed by atoms with Crippen molar-refractivity contribution in [2.24, 2.45) is 11.3 Å². The Hall–Kier alpha value is -1.66. The number of aromatic nitrogens is 1. The number of aromatic amines is 1. The largest absolute Gasteiger partial charge is 0.350 e. The first-order valence-electron chi connectivity index (χ1n) is 10.6. The number of carbonyl (C=O) groups excluding carboxylic acids is 2. The maximum atomic E-state index is 13.2. The van der Waals surface area contributed by atoms with E-state index in [1.165, 1.54) is 0 Å². The molecule has 1 spiro atoms. The van der Waals surface area contributed by atoms with Crippen LogP contribution in [0.3, 0.4) is 0 Å². The number of hydrogen-bond acceptors (Lipinski definition) is 3. The van der Waals surface area contributed by atoms with Crippen molar-refractivity contribution in [1.29, 1.82) is 0 Å². The number of thioether (sulfide) groups is 1. The fraction of sp³-hybridized carbons (Fsp3) is 0.565. The highest BCUT2D eigenvalue weighted by molar-refractivity contribution is 8.02. The van der Waals surface area contributed by atoms with Crippen molar-refractivity contribution in [2.75, 3.05) is 0 Å². The molecule has 2 heterocycles. The zero-order valence-electron chi connectivity index (χ0n) is 18.3.